The lowest BCUT2D eigenvalue weighted by atomic mass is 9.86. The SMILES string of the molecule is CC(C)(C#N)c1ccc(-c2n[nH]c3cnc4ccc(-c5ccncc5)cc4c23)cc1. The summed E-state index contributed by atoms with van der Waals surface area (Å²) in [6.07, 6.45) is 5.42. The van der Waals surface area contributed by atoms with Gasteiger partial charge in [0, 0.05) is 28.7 Å². The monoisotopic (exact) mass is 389 g/mol. The van der Waals surface area contributed by atoms with Crippen molar-refractivity contribution >= 4 is 21.8 Å². The number of nitriles is 1. The molecule has 5 heteroatoms. The van der Waals surface area contributed by atoms with Gasteiger partial charge in [0.2, 0.25) is 0 Å². The highest BCUT2D eigenvalue weighted by atomic mass is 15.1. The number of pyridine rings is 2. The Labute approximate surface area is 174 Å². The molecular formula is C25H19N5. The van der Waals surface area contributed by atoms with Crippen molar-refractivity contribution in [3.05, 3.63) is 78.8 Å². The van der Waals surface area contributed by atoms with E-state index in [9.17, 15) is 5.26 Å². The minimum Gasteiger partial charge on any atom is -0.276 e. The van der Waals surface area contributed by atoms with Crippen molar-refractivity contribution in [2.75, 3.05) is 0 Å². The van der Waals surface area contributed by atoms with Crippen LogP contribution in [0.4, 0.5) is 0 Å². The number of fused-ring (bicyclic) bond motifs is 3. The van der Waals surface area contributed by atoms with Crippen LogP contribution >= 0.6 is 0 Å². The number of aromatic amines is 1. The van der Waals surface area contributed by atoms with Crippen molar-refractivity contribution in [3.63, 3.8) is 0 Å². The molecule has 0 saturated heterocycles. The van der Waals surface area contributed by atoms with Crippen molar-refractivity contribution in [2.45, 2.75) is 19.3 Å². The van der Waals surface area contributed by atoms with Gasteiger partial charge in [-0.2, -0.15) is 10.4 Å². The van der Waals surface area contributed by atoms with Crippen molar-refractivity contribution in [3.8, 4) is 28.5 Å². The third kappa shape index (κ3) is 2.90. The summed E-state index contributed by atoms with van der Waals surface area (Å²) in [5.41, 5.74) is 6.37. The first-order chi connectivity index (χ1) is 14.6. The van der Waals surface area contributed by atoms with Crippen LogP contribution in [0.15, 0.2) is 73.2 Å². The van der Waals surface area contributed by atoms with Crippen LogP contribution in [0.5, 0.6) is 0 Å². The lowest BCUT2D eigenvalue weighted by molar-refractivity contribution is 0.687. The number of nitrogens with zero attached hydrogens (tertiary/aromatic N) is 4. The molecule has 144 valence electrons. The van der Waals surface area contributed by atoms with E-state index in [4.69, 9.17) is 0 Å². The second kappa shape index (κ2) is 6.78. The molecule has 0 spiro atoms. The number of benzene rings is 2. The van der Waals surface area contributed by atoms with Gasteiger partial charge in [0.15, 0.2) is 0 Å². The highest BCUT2D eigenvalue weighted by Crippen LogP contribution is 2.34. The first-order valence-electron chi connectivity index (χ1n) is 9.76. The maximum absolute atomic E-state index is 9.40. The minimum absolute atomic E-state index is 0.526. The van der Waals surface area contributed by atoms with E-state index >= 15 is 0 Å². The van der Waals surface area contributed by atoms with Crippen LogP contribution in [-0.2, 0) is 5.41 Å². The number of nitrogens with one attached hydrogen (secondary N) is 1. The molecule has 0 radical (unpaired) electrons. The summed E-state index contributed by atoms with van der Waals surface area (Å²) in [5.74, 6) is 0. The molecule has 0 saturated carbocycles. The molecule has 0 aliphatic carbocycles. The smallest absolute Gasteiger partial charge is 0.101 e. The van der Waals surface area contributed by atoms with Gasteiger partial charge in [-0.25, -0.2) is 0 Å². The molecule has 5 rings (SSSR count). The van der Waals surface area contributed by atoms with Gasteiger partial charge in [0.05, 0.1) is 28.7 Å². The van der Waals surface area contributed by atoms with Crippen LogP contribution in [-0.4, -0.2) is 20.2 Å². The van der Waals surface area contributed by atoms with Crippen molar-refractivity contribution in [1.29, 1.82) is 5.26 Å². The van der Waals surface area contributed by atoms with Gasteiger partial charge in [-0.05, 0) is 54.8 Å². The predicted octanol–water partition coefficient (Wildman–Crippen LogP) is 5.64. The average molecular weight is 389 g/mol. The molecule has 0 bridgehead atoms. The zero-order valence-electron chi connectivity index (χ0n) is 16.7. The lowest BCUT2D eigenvalue weighted by Gasteiger charge is -2.15. The molecule has 1 N–H and O–H groups in total. The number of aromatic nitrogens is 4. The molecule has 0 unspecified atom stereocenters. The van der Waals surface area contributed by atoms with Crippen LogP contribution in [0.25, 0.3) is 44.2 Å². The molecule has 0 amide bonds. The van der Waals surface area contributed by atoms with Crippen molar-refractivity contribution in [2.24, 2.45) is 0 Å². The van der Waals surface area contributed by atoms with E-state index in [0.29, 0.717) is 0 Å². The molecule has 3 heterocycles. The molecule has 0 aliphatic heterocycles. The summed E-state index contributed by atoms with van der Waals surface area (Å²) in [7, 11) is 0. The fourth-order valence-corrected chi connectivity index (χ4v) is 3.75. The average Bonchev–Trinajstić information content (AvgIpc) is 3.24. The summed E-state index contributed by atoms with van der Waals surface area (Å²) in [6, 6.07) is 20.7. The van der Waals surface area contributed by atoms with Gasteiger partial charge < -0.3 is 0 Å². The molecule has 5 nitrogen and oxygen atoms in total. The topological polar surface area (TPSA) is 78.2 Å². The second-order valence-corrected chi connectivity index (χ2v) is 7.90. The number of rotatable bonds is 3. The second-order valence-electron chi connectivity index (χ2n) is 7.90. The third-order valence-electron chi connectivity index (χ3n) is 5.57. The maximum Gasteiger partial charge on any atom is 0.101 e. The third-order valence-corrected chi connectivity index (χ3v) is 5.57. The predicted molar refractivity (Wildman–Crippen MR) is 119 cm³/mol. The first-order valence-corrected chi connectivity index (χ1v) is 9.76. The summed E-state index contributed by atoms with van der Waals surface area (Å²) >= 11 is 0. The van der Waals surface area contributed by atoms with Gasteiger partial charge in [-0.3, -0.25) is 15.1 Å². The molecule has 5 aromatic rings. The van der Waals surface area contributed by atoms with E-state index in [-0.39, 0.29) is 0 Å². The Morgan fingerprint density at radius 1 is 0.900 bits per heavy atom. The van der Waals surface area contributed by atoms with Gasteiger partial charge in [-0.1, -0.05) is 30.3 Å². The molecule has 0 fully saturated rings. The summed E-state index contributed by atoms with van der Waals surface area (Å²) in [4.78, 5) is 8.70. The Hall–Kier alpha value is -4.04. The van der Waals surface area contributed by atoms with E-state index in [2.05, 4.69) is 38.4 Å². The molecule has 3 aromatic heterocycles. The normalized spacial score (nSPS) is 11.6. The lowest BCUT2D eigenvalue weighted by Crippen LogP contribution is -2.13. The van der Waals surface area contributed by atoms with Gasteiger partial charge >= 0.3 is 0 Å². The van der Waals surface area contributed by atoms with Crippen molar-refractivity contribution < 1.29 is 0 Å². The van der Waals surface area contributed by atoms with Crippen molar-refractivity contribution in [1.82, 2.24) is 20.2 Å². The van der Waals surface area contributed by atoms with Crippen LogP contribution < -0.4 is 0 Å². The Morgan fingerprint density at radius 3 is 2.37 bits per heavy atom. The Kier molecular flexibility index (Phi) is 4.07. The van der Waals surface area contributed by atoms with Crippen LogP contribution in [0.2, 0.25) is 0 Å². The standard InChI is InChI=1S/C25H19N5/c1-25(2,15-26)19-6-3-17(4-7-19)24-23-20-13-18(16-9-11-27-12-10-16)5-8-21(20)28-14-22(23)29-30-24/h3-14H,1-2H3,(H,29,30). The number of hydrogen-bond donors (Lipinski definition) is 1. The zero-order chi connectivity index (χ0) is 20.7. The summed E-state index contributed by atoms with van der Waals surface area (Å²) < 4.78 is 0. The van der Waals surface area contributed by atoms with Gasteiger partial charge in [0.25, 0.3) is 0 Å². The Balaban J connectivity index is 1.70. The van der Waals surface area contributed by atoms with E-state index < -0.39 is 5.41 Å². The Bertz CT molecular complexity index is 1410. The van der Waals surface area contributed by atoms with E-state index in [1.807, 2.05) is 62.5 Å². The largest absolute Gasteiger partial charge is 0.276 e. The Morgan fingerprint density at radius 2 is 1.63 bits per heavy atom. The molecule has 30 heavy (non-hydrogen) atoms. The fraction of sp³-hybridized carbons (Fsp3) is 0.120. The van der Waals surface area contributed by atoms with Crippen LogP contribution in [0.1, 0.15) is 19.4 Å². The van der Waals surface area contributed by atoms with Gasteiger partial charge in [0.1, 0.15) is 5.69 Å². The number of H-pyrrole nitrogens is 1. The quantitative estimate of drug-likeness (QED) is 0.433. The maximum atomic E-state index is 9.40. The summed E-state index contributed by atoms with van der Waals surface area (Å²) in [5, 5.41) is 19.2. The fourth-order valence-electron chi connectivity index (χ4n) is 3.75. The number of hydrogen-bond acceptors (Lipinski definition) is 4. The molecule has 0 aliphatic rings. The molecule has 0 atom stereocenters. The molecular weight excluding hydrogens is 370 g/mol. The van der Waals surface area contributed by atoms with Crippen LogP contribution in [0.3, 0.4) is 0 Å². The van der Waals surface area contributed by atoms with E-state index in [1.165, 1.54) is 0 Å². The van der Waals surface area contributed by atoms with E-state index in [0.717, 1.165) is 49.8 Å². The first kappa shape index (κ1) is 18.0. The molecule has 2 aromatic carbocycles. The summed E-state index contributed by atoms with van der Waals surface area (Å²) in [6.45, 7) is 3.84. The van der Waals surface area contributed by atoms with Gasteiger partial charge in [-0.15, -0.1) is 0 Å². The van der Waals surface area contributed by atoms with E-state index in [1.54, 1.807) is 12.4 Å². The minimum atomic E-state index is -0.526. The zero-order valence-corrected chi connectivity index (χ0v) is 16.7. The highest BCUT2D eigenvalue weighted by molar-refractivity contribution is 6.11. The van der Waals surface area contributed by atoms with Crippen LogP contribution in [0, 0.1) is 11.3 Å². The highest BCUT2D eigenvalue weighted by Gasteiger charge is 2.20.